The maximum absolute atomic E-state index is 5.22. The van der Waals surface area contributed by atoms with Gasteiger partial charge in [-0.3, -0.25) is 0 Å². The molecule has 0 radical (unpaired) electrons. The van der Waals surface area contributed by atoms with Gasteiger partial charge in [-0.25, -0.2) is 0 Å². The summed E-state index contributed by atoms with van der Waals surface area (Å²) in [6.07, 6.45) is 1.57. The predicted molar refractivity (Wildman–Crippen MR) is 32.1 cm³/mol. The first-order chi connectivity index (χ1) is 4.33. The van der Waals surface area contributed by atoms with Gasteiger partial charge >= 0.3 is 6.08 Å². The van der Waals surface area contributed by atoms with E-state index in [1.165, 1.54) is 6.26 Å². The molecule has 0 fully saturated rings. The molecule has 0 atom stereocenters. The van der Waals surface area contributed by atoms with Gasteiger partial charge < -0.3 is 14.9 Å². The topological polar surface area (TPSA) is 61.3 Å². The van der Waals surface area contributed by atoms with Crippen LogP contribution in [-0.2, 0) is 0 Å². The maximum Gasteiger partial charge on any atom is 0.395 e. The fourth-order valence-electron chi connectivity index (χ4n) is 0.459. The van der Waals surface area contributed by atoms with Crippen LogP contribution in [0.25, 0.3) is 0 Å². The molecule has 4 nitrogen and oxygen atoms in total. The first-order valence-corrected chi connectivity index (χ1v) is 2.66. The molecule has 0 aromatic carbocycles. The number of nitrogens with zero attached hydrogens (tertiary/aromatic N) is 1. The van der Waals surface area contributed by atoms with E-state index >= 15 is 0 Å². The Morgan fingerprint density at radius 2 is 2.67 bits per heavy atom. The smallest absolute Gasteiger partial charge is 0.395 e. The van der Waals surface area contributed by atoms with Crippen molar-refractivity contribution < 1.29 is 9.15 Å². The lowest BCUT2D eigenvalue weighted by molar-refractivity contribution is 0.244. The van der Waals surface area contributed by atoms with Crippen molar-refractivity contribution in [3.63, 3.8) is 0 Å². The standard InChI is InChI=1S/C5H8N2O2/c1-2-8-5-7-4(6)3-9-5/h3H,2,6H2,1H3. The molecule has 9 heavy (non-hydrogen) atoms. The normalized spacial score (nSPS) is 9.44. The van der Waals surface area contributed by atoms with Crippen LogP contribution in [0.15, 0.2) is 10.7 Å². The maximum atomic E-state index is 5.22. The Balaban J connectivity index is 2.61. The van der Waals surface area contributed by atoms with Gasteiger partial charge in [0.1, 0.15) is 6.26 Å². The van der Waals surface area contributed by atoms with E-state index in [1.54, 1.807) is 0 Å². The van der Waals surface area contributed by atoms with Gasteiger partial charge in [0.2, 0.25) is 0 Å². The van der Waals surface area contributed by atoms with E-state index in [9.17, 15) is 0 Å². The van der Waals surface area contributed by atoms with Gasteiger partial charge in [-0.05, 0) is 6.92 Å². The van der Waals surface area contributed by atoms with Crippen LogP contribution in [0, 0.1) is 0 Å². The lowest BCUT2D eigenvalue weighted by Crippen LogP contribution is -1.91. The zero-order chi connectivity index (χ0) is 6.69. The number of anilines is 1. The van der Waals surface area contributed by atoms with Gasteiger partial charge in [-0.1, -0.05) is 0 Å². The van der Waals surface area contributed by atoms with Crippen molar-refractivity contribution in [3.8, 4) is 6.08 Å². The Morgan fingerprint density at radius 3 is 3.11 bits per heavy atom. The van der Waals surface area contributed by atoms with E-state index in [0.717, 1.165) is 0 Å². The molecule has 0 saturated heterocycles. The van der Waals surface area contributed by atoms with E-state index in [-0.39, 0.29) is 6.08 Å². The molecule has 1 aromatic heterocycles. The number of rotatable bonds is 2. The van der Waals surface area contributed by atoms with E-state index in [4.69, 9.17) is 14.9 Å². The Labute approximate surface area is 52.6 Å². The third-order valence-electron chi connectivity index (χ3n) is 0.769. The van der Waals surface area contributed by atoms with E-state index in [0.29, 0.717) is 12.4 Å². The Bertz CT molecular complexity index is 185. The third kappa shape index (κ3) is 1.35. The molecule has 0 unspecified atom stereocenters. The van der Waals surface area contributed by atoms with Crippen LogP contribution in [0.4, 0.5) is 5.82 Å². The van der Waals surface area contributed by atoms with Gasteiger partial charge in [0, 0.05) is 0 Å². The summed E-state index contributed by atoms with van der Waals surface area (Å²) in [5, 5.41) is 0. The second-order valence-electron chi connectivity index (χ2n) is 1.47. The average Bonchev–Trinajstić information content (AvgIpc) is 2.17. The third-order valence-corrected chi connectivity index (χ3v) is 0.769. The number of hydrogen-bond donors (Lipinski definition) is 1. The highest BCUT2D eigenvalue weighted by Gasteiger charge is 1.97. The van der Waals surface area contributed by atoms with Crippen molar-refractivity contribution in [2.75, 3.05) is 12.3 Å². The Morgan fingerprint density at radius 1 is 1.89 bits per heavy atom. The van der Waals surface area contributed by atoms with Gasteiger partial charge in [-0.15, -0.1) is 0 Å². The van der Waals surface area contributed by atoms with Crippen LogP contribution in [0.3, 0.4) is 0 Å². The molecule has 1 heterocycles. The molecule has 1 aromatic rings. The van der Waals surface area contributed by atoms with Crippen molar-refractivity contribution in [2.45, 2.75) is 6.92 Å². The number of aromatic nitrogens is 1. The molecule has 50 valence electrons. The van der Waals surface area contributed by atoms with Gasteiger partial charge in [-0.2, -0.15) is 4.98 Å². The second-order valence-corrected chi connectivity index (χ2v) is 1.47. The molecular weight excluding hydrogens is 120 g/mol. The van der Waals surface area contributed by atoms with Gasteiger partial charge in [0.05, 0.1) is 6.61 Å². The zero-order valence-electron chi connectivity index (χ0n) is 5.13. The van der Waals surface area contributed by atoms with E-state index < -0.39 is 0 Å². The number of ether oxygens (including phenoxy) is 1. The molecule has 0 spiro atoms. The molecule has 2 N–H and O–H groups in total. The molecular formula is C5H8N2O2. The fourth-order valence-corrected chi connectivity index (χ4v) is 0.459. The number of hydrogen-bond acceptors (Lipinski definition) is 4. The van der Waals surface area contributed by atoms with Crippen molar-refractivity contribution in [2.24, 2.45) is 0 Å². The Kier molecular flexibility index (Phi) is 1.58. The van der Waals surface area contributed by atoms with Gasteiger partial charge in [0.25, 0.3) is 0 Å². The number of nitrogen functional groups attached to an aromatic ring is 1. The van der Waals surface area contributed by atoms with Crippen molar-refractivity contribution >= 4 is 5.82 Å². The lowest BCUT2D eigenvalue weighted by atomic mass is 10.8. The van der Waals surface area contributed by atoms with E-state index in [2.05, 4.69) is 4.98 Å². The van der Waals surface area contributed by atoms with Crippen LogP contribution >= 0.6 is 0 Å². The summed E-state index contributed by atoms with van der Waals surface area (Å²) >= 11 is 0. The second kappa shape index (κ2) is 2.39. The highest BCUT2D eigenvalue weighted by atomic mass is 16.6. The molecule has 1 rings (SSSR count). The fraction of sp³-hybridized carbons (Fsp3) is 0.400. The minimum absolute atomic E-state index is 0.231. The van der Waals surface area contributed by atoms with Crippen molar-refractivity contribution in [1.29, 1.82) is 0 Å². The molecule has 0 saturated carbocycles. The lowest BCUT2D eigenvalue weighted by Gasteiger charge is -1.90. The summed E-state index contributed by atoms with van der Waals surface area (Å²) in [5.74, 6) is 0.346. The molecule has 0 bridgehead atoms. The van der Waals surface area contributed by atoms with Crippen LogP contribution < -0.4 is 10.5 Å². The minimum atomic E-state index is 0.231. The number of nitrogens with two attached hydrogens (primary N) is 1. The molecule has 0 aliphatic rings. The summed E-state index contributed by atoms with van der Waals surface area (Å²) in [5.41, 5.74) is 5.22. The average molecular weight is 128 g/mol. The molecule has 4 heteroatoms. The molecule has 0 aliphatic carbocycles. The van der Waals surface area contributed by atoms with Crippen molar-refractivity contribution in [1.82, 2.24) is 4.98 Å². The van der Waals surface area contributed by atoms with Gasteiger partial charge in [0.15, 0.2) is 5.82 Å². The summed E-state index contributed by atoms with van der Waals surface area (Å²) in [6.45, 7) is 2.39. The highest BCUT2D eigenvalue weighted by Crippen LogP contribution is 2.09. The molecule has 0 amide bonds. The summed E-state index contributed by atoms with van der Waals surface area (Å²) in [6, 6.07) is 0. The summed E-state index contributed by atoms with van der Waals surface area (Å²) in [7, 11) is 0. The van der Waals surface area contributed by atoms with Crippen LogP contribution in [0.5, 0.6) is 6.08 Å². The summed E-state index contributed by atoms with van der Waals surface area (Å²) < 4.78 is 9.62. The van der Waals surface area contributed by atoms with Crippen LogP contribution in [-0.4, -0.2) is 11.6 Å². The van der Waals surface area contributed by atoms with Crippen LogP contribution in [0.1, 0.15) is 6.92 Å². The highest BCUT2D eigenvalue weighted by molar-refractivity contribution is 5.23. The zero-order valence-corrected chi connectivity index (χ0v) is 5.13. The largest absolute Gasteiger partial charge is 0.450 e. The molecule has 0 aliphatic heterocycles. The SMILES string of the molecule is CCOc1nc(N)co1. The monoisotopic (exact) mass is 128 g/mol. The van der Waals surface area contributed by atoms with Crippen molar-refractivity contribution in [3.05, 3.63) is 6.26 Å². The minimum Gasteiger partial charge on any atom is -0.450 e. The first-order valence-electron chi connectivity index (χ1n) is 2.66. The predicted octanol–water partition coefficient (Wildman–Crippen LogP) is 0.655. The Hall–Kier alpha value is -1.19. The number of oxazole rings is 1. The van der Waals surface area contributed by atoms with Crippen LogP contribution in [0.2, 0.25) is 0 Å². The summed E-state index contributed by atoms with van der Waals surface area (Å²) in [4.78, 5) is 3.69. The first kappa shape index (κ1) is 5.94. The quantitative estimate of drug-likeness (QED) is 0.635. The van der Waals surface area contributed by atoms with E-state index in [1.807, 2.05) is 6.92 Å².